The first-order chi connectivity index (χ1) is 8.70. The van der Waals surface area contributed by atoms with Crippen LogP contribution in [0.25, 0.3) is 0 Å². The monoisotopic (exact) mass is 253 g/mol. The largest absolute Gasteiger partial charge is 0.393 e. The quantitative estimate of drug-likeness (QED) is 0.433. The molecule has 98 valence electrons. The van der Waals surface area contributed by atoms with Crippen LogP contribution in [0.15, 0.2) is 23.2 Å². The molecule has 1 saturated heterocycles. The molecule has 0 aliphatic carbocycles. The summed E-state index contributed by atoms with van der Waals surface area (Å²) in [6.07, 6.45) is 2.12. The van der Waals surface area contributed by atoms with E-state index in [0.29, 0.717) is 37.3 Å². The number of hydrogen-bond acceptors (Lipinski definition) is 4. The lowest BCUT2D eigenvalue weighted by Gasteiger charge is -2.31. The number of anilines is 1. The van der Waals surface area contributed by atoms with E-state index in [1.807, 2.05) is 4.90 Å². The molecule has 0 bridgehead atoms. The molecule has 6 heteroatoms. The maximum atomic E-state index is 13.9. The van der Waals surface area contributed by atoms with Gasteiger partial charge in [-0.15, -0.1) is 0 Å². The molecule has 1 aromatic rings. The van der Waals surface area contributed by atoms with Gasteiger partial charge in [0.05, 0.1) is 17.5 Å². The van der Waals surface area contributed by atoms with E-state index < -0.39 is 0 Å². The van der Waals surface area contributed by atoms with E-state index in [4.69, 9.17) is 5.21 Å². The SMILES string of the molecule is ONC=Nc1ccc(N2CCC(O)CC2)c(F)c1. The third kappa shape index (κ3) is 2.96. The predicted molar refractivity (Wildman–Crippen MR) is 66.9 cm³/mol. The number of benzene rings is 1. The number of nitrogens with zero attached hydrogens (tertiary/aromatic N) is 2. The molecule has 1 aliphatic rings. The van der Waals surface area contributed by atoms with E-state index >= 15 is 0 Å². The molecule has 0 amide bonds. The number of aliphatic hydroxyl groups excluding tert-OH is 1. The Kier molecular flexibility index (Phi) is 4.11. The van der Waals surface area contributed by atoms with E-state index in [9.17, 15) is 9.50 Å². The molecular weight excluding hydrogens is 237 g/mol. The second-order valence-corrected chi connectivity index (χ2v) is 4.24. The van der Waals surface area contributed by atoms with Gasteiger partial charge in [0.2, 0.25) is 0 Å². The van der Waals surface area contributed by atoms with Gasteiger partial charge in [-0.05, 0) is 25.0 Å². The third-order valence-electron chi connectivity index (χ3n) is 3.01. The molecule has 0 aromatic heterocycles. The van der Waals surface area contributed by atoms with E-state index in [-0.39, 0.29) is 11.9 Å². The summed E-state index contributed by atoms with van der Waals surface area (Å²) in [5.74, 6) is -0.348. The number of piperidine rings is 1. The van der Waals surface area contributed by atoms with E-state index in [1.54, 1.807) is 17.6 Å². The standard InChI is InChI=1S/C12H16FN3O2/c13-11-7-9(14-8-15-18)1-2-12(11)16-5-3-10(17)4-6-16/h1-2,7-8,10,17-18H,3-6H2,(H,14,15). The molecule has 1 aliphatic heterocycles. The van der Waals surface area contributed by atoms with Crippen molar-refractivity contribution in [2.24, 2.45) is 4.99 Å². The maximum Gasteiger partial charge on any atom is 0.148 e. The fourth-order valence-corrected chi connectivity index (χ4v) is 2.04. The number of hydroxylamine groups is 1. The molecule has 1 heterocycles. The summed E-state index contributed by atoms with van der Waals surface area (Å²) in [4.78, 5) is 5.72. The number of rotatable bonds is 3. The van der Waals surface area contributed by atoms with Crippen LogP contribution in [-0.4, -0.2) is 35.8 Å². The first kappa shape index (κ1) is 12.8. The number of hydrogen-bond donors (Lipinski definition) is 3. The van der Waals surface area contributed by atoms with Crippen LogP contribution >= 0.6 is 0 Å². The Morgan fingerprint density at radius 3 is 2.72 bits per heavy atom. The van der Waals surface area contributed by atoms with Gasteiger partial charge in [-0.25, -0.2) is 9.38 Å². The van der Waals surface area contributed by atoms with Gasteiger partial charge in [0.1, 0.15) is 12.2 Å². The highest BCUT2D eigenvalue weighted by molar-refractivity contribution is 5.62. The normalized spacial score (nSPS) is 17.4. The summed E-state index contributed by atoms with van der Waals surface area (Å²) in [5.41, 5.74) is 2.72. The van der Waals surface area contributed by atoms with Crippen molar-refractivity contribution in [1.82, 2.24) is 5.48 Å². The molecule has 5 nitrogen and oxygen atoms in total. The summed E-state index contributed by atoms with van der Waals surface area (Å²) in [5, 5.41) is 17.8. The lowest BCUT2D eigenvalue weighted by Crippen LogP contribution is -2.36. The highest BCUT2D eigenvalue weighted by atomic mass is 19.1. The number of aliphatic hydroxyl groups is 1. The second kappa shape index (κ2) is 5.79. The average Bonchev–Trinajstić information content (AvgIpc) is 2.38. The molecule has 1 fully saturated rings. The number of halogens is 1. The van der Waals surface area contributed by atoms with Gasteiger partial charge in [0.15, 0.2) is 0 Å². The highest BCUT2D eigenvalue weighted by Crippen LogP contribution is 2.26. The van der Waals surface area contributed by atoms with Gasteiger partial charge in [-0.2, -0.15) is 0 Å². The Morgan fingerprint density at radius 1 is 1.39 bits per heavy atom. The number of nitrogens with one attached hydrogen (secondary N) is 1. The van der Waals surface area contributed by atoms with Gasteiger partial charge in [0, 0.05) is 19.2 Å². The van der Waals surface area contributed by atoms with Gasteiger partial charge >= 0.3 is 0 Å². The summed E-state index contributed by atoms with van der Waals surface area (Å²) in [6.45, 7) is 1.30. The molecule has 2 rings (SSSR count). The Hall–Kier alpha value is -1.66. The van der Waals surface area contributed by atoms with Gasteiger partial charge < -0.3 is 10.0 Å². The zero-order valence-electron chi connectivity index (χ0n) is 9.88. The lowest BCUT2D eigenvalue weighted by atomic mass is 10.1. The molecule has 3 N–H and O–H groups in total. The highest BCUT2D eigenvalue weighted by Gasteiger charge is 2.19. The van der Waals surface area contributed by atoms with Crippen LogP contribution in [0.1, 0.15) is 12.8 Å². The van der Waals surface area contributed by atoms with Crippen molar-refractivity contribution in [2.45, 2.75) is 18.9 Å². The zero-order valence-corrected chi connectivity index (χ0v) is 9.88. The minimum atomic E-state index is -0.348. The summed E-state index contributed by atoms with van der Waals surface area (Å²) in [6, 6.07) is 4.66. The predicted octanol–water partition coefficient (Wildman–Crippen LogP) is 1.43. The average molecular weight is 253 g/mol. The molecule has 0 unspecified atom stereocenters. The second-order valence-electron chi connectivity index (χ2n) is 4.24. The van der Waals surface area contributed by atoms with Gasteiger partial charge in [-0.3, -0.25) is 10.7 Å². The van der Waals surface area contributed by atoms with Crippen LogP contribution in [0.4, 0.5) is 15.8 Å². The number of aliphatic imine (C=N–C) groups is 1. The fourth-order valence-electron chi connectivity index (χ4n) is 2.04. The topological polar surface area (TPSA) is 68.1 Å². The molecule has 0 saturated carbocycles. The minimum Gasteiger partial charge on any atom is -0.393 e. The van der Waals surface area contributed by atoms with Crippen LogP contribution in [0.2, 0.25) is 0 Å². The van der Waals surface area contributed by atoms with Crippen LogP contribution in [0, 0.1) is 5.82 Å². The van der Waals surface area contributed by atoms with Crippen LogP contribution in [0.3, 0.4) is 0 Å². The molecule has 0 radical (unpaired) electrons. The summed E-state index contributed by atoms with van der Waals surface area (Å²) < 4.78 is 13.9. The Bertz CT molecular complexity index is 431. The van der Waals surface area contributed by atoms with Crippen molar-refractivity contribution < 1.29 is 14.7 Å². The van der Waals surface area contributed by atoms with Gasteiger partial charge in [-0.1, -0.05) is 0 Å². The molecular formula is C12H16FN3O2. The fraction of sp³-hybridized carbons (Fsp3) is 0.417. The van der Waals surface area contributed by atoms with Crippen molar-refractivity contribution >= 4 is 17.7 Å². The first-order valence-corrected chi connectivity index (χ1v) is 5.85. The van der Waals surface area contributed by atoms with E-state index in [0.717, 1.165) is 6.34 Å². The molecule has 0 atom stereocenters. The zero-order chi connectivity index (χ0) is 13.0. The third-order valence-corrected chi connectivity index (χ3v) is 3.01. The molecule has 1 aromatic carbocycles. The van der Waals surface area contributed by atoms with Crippen molar-refractivity contribution in [2.75, 3.05) is 18.0 Å². The molecule has 0 spiro atoms. The molecule has 18 heavy (non-hydrogen) atoms. The van der Waals surface area contributed by atoms with Gasteiger partial charge in [0.25, 0.3) is 0 Å². The van der Waals surface area contributed by atoms with Crippen molar-refractivity contribution in [1.29, 1.82) is 0 Å². The maximum absolute atomic E-state index is 13.9. The Morgan fingerprint density at radius 2 is 2.11 bits per heavy atom. The minimum absolute atomic E-state index is 0.274. The lowest BCUT2D eigenvalue weighted by molar-refractivity contribution is 0.145. The van der Waals surface area contributed by atoms with E-state index in [2.05, 4.69) is 4.99 Å². The first-order valence-electron chi connectivity index (χ1n) is 5.85. The van der Waals surface area contributed by atoms with Crippen LogP contribution < -0.4 is 10.4 Å². The summed E-state index contributed by atoms with van der Waals surface area (Å²) >= 11 is 0. The Labute approximate surface area is 105 Å². The van der Waals surface area contributed by atoms with Crippen molar-refractivity contribution in [3.63, 3.8) is 0 Å². The Balaban J connectivity index is 2.12. The van der Waals surface area contributed by atoms with E-state index in [1.165, 1.54) is 6.07 Å². The smallest absolute Gasteiger partial charge is 0.148 e. The summed E-state index contributed by atoms with van der Waals surface area (Å²) in [7, 11) is 0. The van der Waals surface area contributed by atoms with Crippen molar-refractivity contribution in [3.8, 4) is 0 Å². The van der Waals surface area contributed by atoms with Crippen LogP contribution in [-0.2, 0) is 0 Å². The van der Waals surface area contributed by atoms with Crippen LogP contribution in [0.5, 0.6) is 0 Å². The van der Waals surface area contributed by atoms with Crippen molar-refractivity contribution in [3.05, 3.63) is 24.0 Å².